The van der Waals surface area contributed by atoms with Crippen LogP contribution in [-0.2, 0) is 14.3 Å². The maximum atomic E-state index is 11.9. The van der Waals surface area contributed by atoms with Gasteiger partial charge in [-0.15, -0.1) is 0 Å². The third-order valence-corrected chi connectivity index (χ3v) is 4.11. The minimum atomic E-state index is -0.792. The summed E-state index contributed by atoms with van der Waals surface area (Å²) in [4.78, 5) is 23.9. The van der Waals surface area contributed by atoms with Gasteiger partial charge < -0.3 is 14.8 Å². The van der Waals surface area contributed by atoms with Crippen LogP contribution in [0.4, 0.5) is 5.69 Å². The van der Waals surface area contributed by atoms with Gasteiger partial charge in [-0.1, -0.05) is 44.2 Å². The van der Waals surface area contributed by atoms with Crippen LogP contribution in [-0.4, -0.2) is 24.6 Å². The van der Waals surface area contributed by atoms with Crippen LogP contribution >= 0.6 is 0 Å². The van der Waals surface area contributed by atoms with Crippen molar-refractivity contribution in [3.8, 4) is 5.75 Å². The minimum Gasteiger partial charge on any atom is -0.479 e. The average molecular weight is 355 g/mol. The van der Waals surface area contributed by atoms with E-state index < -0.39 is 12.1 Å². The van der Waals surface area contributed by atoms with Crippen LogP contribution in [0, 0.1) is 0 Å². The van der Waals surface area contributed by atoms with Crippen LogP contribution in [0.15, 0.2) is 54.6 Å². The second-order valence-corrected chi connectivity index (χ2v) is 6.16. The molecule has 138 valence electrons. The van der Waals surface area contributed by atoms with Crippen molar-refractivity contribution in [3.05, 3.63) is 60.2 Å². The maximum absolute atomic E-state index is 11.9. The second kappa shape index (κ2) is 9.61. The molecule has 2 atom stereocenters. The second-order valence-electron chi connectivity index (χ2n) is 6.16. The van der Waals surface area contributed by atoms with Crippen molar-refractivity contribution in [2.24, 2.45) is 0 Å². The Labute approximate surface area is 154 Å². The molecule has 0 fully saturated rings. The van der Waals surface area contributed by atoms with Crippen LogP contribution in [0.3, 0.4) is 0 Å². The van der Waals surface area contributed by atoms with Crippen LogP contribution in [0.2, 0.25) is 0 Å². The first-order valence-electron chi connectivity index (χ1n) is 8.77. The summed E-state index contributed by atoms with van der Waals surface area (Å²) in [6, 6.07) is 16.7. The normalized spacial score (nSPS) is 12.7. The Kier molecular flexibility index (Phi) is 7.21. The van der Waals surface area contributed by atoms with Crippen LogP contribution in [0.1, 0.15) is 38.7 Å². The van der Waals surface area contributed by atoms with E-state index in [-0.39, 0.29) is 12.5 Å². The molecule has 0 spiro atoms. The van der Waals surface area contributed by atoms with Crippen molar-refractivity contribution in [3.63, 3.8) is 0 Å². The van der Waals surface area contributed by atoms with E-state index in [0.29, 0.717) is 17.4 Å². The Bertz CT molecular complexity index is 713. The van der Waals surface area contributed by atoms with Crippen molar-refractivity contribution >= 4 is 17.6 Å². The van der Waals surface area contributed by atoms with Crippen LogP contribution < -0.4 is 10.1 Å². The molecule has 26 heavy (non-hydrogen) atoms. The zero-order valence-corrected chi connectivity index (χ0v) is 15.4. The van der Waals surface area contributed by atoms with Gasteiger partial charge in [0.25, 0.3) is 5.91 Å². The van der Waals surface area contributed by atoms with Gasteiger partial charge in [-0.25, -0.2) is 4.79 Å². The fourth-order valence-electron chi connectivity index (χ4n) is 2.33. The Balaban J connectivity index is 1.78. The molecule has 0 heterocycles. The zero-order chi connectivity index (χ0) is 18.9. The standard InChI is InChI=1S/C21H25NO4/c1-4-15(2)17-10-12-18(13-11-17)22-20(23)14-25-21(24)16(3)26-19-8-6-5-7-9-19/h5-13,15-16H,4,14H2,1-3H3,(H,22,23)/t15-,16-/m0/s1. The summed E-state index contributed by atoms with van der Waals surface area (Å²) in [6.45, 7) is 5.53. The summed E-state index contributed by atoms with van der Waals surface area (Å²) in [5.41, 5.74) is 1.90. The molecule has 0 aliphatic carbocycles. The predicted molar refractivity (Wildman–Crippen MR) is 101 cm³/mol. The van der Waals surface area contributed by atoms with Gasteiger partial charge in [0.15, 0.2) is 12.7 Å². The minimum absolute atomic E-state index is 0.353. The van der Waals surface area contributed by atoms with E-state index in [1.165, 1.54) is 5.56 Å². The number of benzene rings is 2. The molecule has 1 N–H and O–H groups in total. The van der Waals surface area contributed by atoms with Crippen molar-refractivity contribution in [2.75, 3.05) is 11.9 Å². The zero-order valence-electron chi connectivity index (χ0n) is 15.4. The van der Waals surface area contributed by atoms with E-state index in [9.17, 15) is 9.59 Å². The number of para-hydroxylation sites is 1. The highest BCUT2D eigenvalue weighted by Crippen LogP contribution is 2.20. The molecule has 0 aliphatic rings. The number of rotatable bonds is 8. The lowest BCUT2D eigenvalue weighted by Crippen LogP contribution is -2.29. The van der Waals surface area contributed by atoms with Crippen molar-refractivity contribution in [1.82, 2.24) is 0 Å². The topological polar surface area (TPSA) is 64.6 Å². The van der Waals surface area contributed by atoms with Crippen LogP contribution in [0.5, 0.6) is 5.75 Å². The molecule has 2 aromatic rings. The molecule has 5 heteroatoms. The van der Waals surface area contributed by atoms with Crippen molar-refractivity contribution in [1.29, 1.82) is 0 Å². The lowest BCUT2D eigenvalue weighted by atomic mass is 9.99. The Morgan fingerprint density at radius 2 is 1.65 bits per heavy atom. The summed E-state index contributed by atoms with van der Waals surface area (Å²) in [5, 5.41) is 2.71. The summed E-state index contributed by atoms with van der Waals surface area (Å²) >= 11 is 0. The quantitative estimate of drug-likeness (QED) is 0.723. The summed E-state index contributed by atoms with van der Waals surface area (Å²) in [5.74, 6) is 0.0762. The highest BCUT2D eigenvalue weighted by atomic mass is 16.6. The SMILES string of the molecule is CC[C@H](C)c1ccc(NC(=O)COC(=O)[C@H](C)Oc2ccccc2)cc1. The van der Waals surface area contributed by atoms with Gasteiger partial charge in [-0.3, -0.25) is 4.79 Å². The summed E-state index contributed by atoms with van der Waals surface area (Å²) < 4.78 is 10.5. The number of anilines is 1. The van der Waals surface area contributed by atoms with Gasteiger partial charge in [0.1, 0.15) is 5.75 Å². The number of esters is 1. The lowest BCUT2D eigenvalue weighted by molar-refractivity contribution is -0.153. The number of carbonyl (C=O) groups is 2. The molecule has 0 saturated carbocycles. The van der Waals surface area contributed by atoms with Gasteiger partial charge in [0.05, 0.1) is 0 Å². The fourth-order valence-corrected chi connectivity index (χ4v) is 2.33. The van der Waals surface area contributed by atoms with E-state index >= 15 is 0 Å². The number of ether oxygens (including phenoxy) is 2. The first-order valence-corrected chi connectivity index (χ1v) is 8.77. The fraction of sp³-hybridized carbons (Fsp3) is 0.333. The van der Waals surface area contributed by atoms with Gasteiger partial charge >= 0.3 is 5.97 Å². The summed E-state index contributed by atoms with van der Waals surface area (Å²) in [6.07, 6.45) is 0.269. The lowest BCUT2D eigenvalue weighted by Gasteiger charge is -2.14. The maximum Gasteiger partial charge on any atom is 0.347 e. The first kappa shape index (κ1) is 19.5. The molecule has 0 bridgehead atoms. The van der Waals surface area contributed by atoms with Crippen molar-refractivity contribution in [2.45, 2.75) is 39.2 Å². The average Bonchev–Trinajstić information content (AvgIpc) is 2.66. The largest absolute Gasteiger partial charge is 0.479 e. The molecule has 0 radical (unpaired) electrons. The molecule has 2 rings (SSSR count). The van der Waals surface area contributed by atoms with Gasteiger partial charge in [0, 0.05) is 5.69 Å². The number of amides is 1. The monoisotopic (exact) mass is 355 g/mol. The third kappa shape index (κ3) is 5.92. The summed E-state index contributed by atoms with van der Waals surface area (Å²) in [7, 11) is 0. The smallest absolute Gasteiger partial charge is 0.347 e. The van der Waals surface area contributed by atoms with Gasteiger partial charge in [-0.05, 0) is 49.1 Å². The third-order valence-electron chi connectivity index (χ3n) is 4.11. The Morgan fingerprint density at radius 3 is 2.27 bits per heavy atom. The highest BCUT2D eigenvalue weighted by molar-refractivity contribution is 5.93. The van der Waals surface area contributed by atoms with E-state index in [1.807, 2.05) is 42.5 Å². The van der Waals surface area contributed by atoms with Crippen molar-refractivity contribution < 1.29 is 19.1 Å². The molecule has 5 nitrogen and oxygen atoms in total. The molecule has 0 unspecified atom stereocenters. The van der Waals surface area contributed by atoms with Gasteiger partial charge in [0.2, 0.25) is 0 Å². The molecular formula is C21H25NO4. The molecule has 0 aromatic heterocycles. The molecule has 2 aromatic carbocycles. The van der Waals surface area contributed by atoms with E-state index in [1.54, 1.807) is 19.1 Å². The first-order chi connectivity index (χ1) is 12.5. The van der Waals surface area contributed by atoms with E-state index in [4.69, 9.17) is 9.47 Å². The molecule has 1 amide bonds. The number of carbonyl (C=O) groups excluding carboxylic acids is 2. The molecular weight excluding hydrogens is 330 g/mol. The van der Waals surface area contributed by atoms with E-state index in [0.717, 1.165) is 6.42 Å². The van der Waals surface area contributed by atoms with Crippen LogP contribution in [0.25, 0.3) is 0 Å². The Morgan fingerprint density at radius 1 is 1.00 bits per heavy atom. The molecule has 0 aliphatic heterocycles. The number of hydrogen-bond acceptors (Lipinski definition) is 4. The van der Waals surface area contributed by atoms with Gasteiger partial charge in [-0.2, -0.15) is 0 Å². The number of hydrogen-bond donors (Lipinski definition) is 1. The Hall–Kier alpha value is -2.82. The highest BCUT2D eigenvalue weighted by Gasteiger charge is 2.17. The number of nitrogens with one attached hydrogen (secondary N) is 1. The predicted octanol–water partition coefficient (Wildman–Crippen LogP) is 4.15. The van der Waals surface area contributed by atoms with E-state index in [2.05, 4.69) is 19.2 Å². The molecule has 0 saturated heterocycles.